The molecule has 1 saturated heterocycles. The molecule has 1 rings (SSSR count). The molecule has 1 unspecified atom stereocenters. The smallest absolute Gasteiger partial charge is 0.249 e. The topological polar surface area (TPSA) is 90.0 Å². The zero-order valence-electron chi connectivity index (χ0n) is 18.2. The van der Waals surface area contributed by atoms with E-state index in [1.807, 2.05) is 13.8 Å². The average Bonchev–Trinajstić information content (AvgIpc) is 3.17. The van der Waals surface area contributed by atoms with Crippen LogP contribution in [0.2, 0.25) is 0 Å². The summed E-state index contributed by atoms with van der Waals surface area (Å²) >= 11 is 0. The second-order valence-corrected chi connectivity index (χ2v) is 7.75. The Morgan fingerprint density at radius 1 is 1.28 bits per heavy atom. The summed E-state index contributed by atoms with van der Waals surface area (Å²) in [4.78, 5) is 53.2. The molecule has 0 saturated carbocycles. The molecule has 8 nitrogen and oxygen atoms in total. The van der Waals surface area contributed by atoms with Crippen LogP contribution < -0.4 is 5.32 Å². The van der Waals surface area contributed by atoms with E-state index in [2.05, 4.69) is 11.9 Å². The normalized spacial score (nSPS) is 17.7. The molecule has 4 amide bonds. The lowest BCUT2D eigenvalue weighted by Gasteiger charge is -2.31. The van der Waals surface area contributed by atoms with E-state index >= 15 is 0 Å². The van der Waals surface area contributed by atoms with E-state index in [-0.39, 0.29) is 36.2 Å². The highest BCUT2D eigenvalue weighted by Crippen LogP contribution is 2.22. The van der Waals surface area contributed by atoms with Crippen LogP contribution in [0, 0.1) is 5.92 Å². The highest BCUT2D eigenvalue weighted by atomic mass is 16.2. The molecular weight excluding hydrogens is 372 g/mol. The predicted octanol–water partition coefficient (Wildman–Crippen LogP) is 0.797. The first-order valence-electron chi connectivity index (χ1n) is 9.93. The van der Waals surface area contributed by atoms with Gasteiger partial charge in [0, 0.05) is 32.8 Å². The second-order valence-electron chi connectivity index (χ2n) is 7.75. The molecule has 1 fully saturated rings. The van der Waals surface area contributed by atoms with Gasteiger partial charge in [0.05, 0.1) is 12.6 Å². The van der Waals surface area contributed by atoms with Crippen molar-refractivity contribution in [3.05, 3.63) is 24.3 Å². The number of carbonyl (C=O) groups excluding carboxylic acids is 4. The van der Waals surface area contributed by atoms with Gasteiger partial charge in [0.25, 0.3) is 0 Å². The van der Waals surface area contributed by atoms with E-state index in [4.69, 9.17) is 0 Å². The van der Waals surface area contributed by atoms with Crippen LogP contribution in [0.3, 0.4) is 0 Å². The van der Waals surface area contributed by atoms with Gasteiger partial charge < -0.3 is 20.0 Å². The van der Waals surface area contributed by atoms with Crippen LogP contribution in [0.25, 0.3) is 0 Å². The Hall–Kier alpha value is -2.64. The van der Waals surface area contributed by atoms with Gasteiger partial charge in [-0.25, -0.2) is 0 Å². The molecular formula is C21H34N4O4. The van der Waals surface area contributed by atoms with Gasteiger partial charge in [-0.1, -0.05) is 26.0 Å². The fraction of sp³-hybridized carbons (Fsp3) is 0.619. The van der Waals surface area contributed by atoms with E-state index < -0.39 is 6.04 Å². The molecule has 29 heavy (non-hydrogen) atoms. The van der Waals surface area contributed by atoms with Crippen molar-refractivity contribution in [2.75, 3.05) is 33.7 Å². The van der Waals surface area contributed by atoms with Gasteiger partial charge in [-0.15, -0.1) is 6.58 Å². The van der Waals surface area contributed by atoms with Crippen LogP contribution in [0.4, 0.5) is 0 Å². The fourth-order valence-electron chi connectivity index (χ4n) is 3.53. The summed E-state index contributed by atoms with van der Waals surface area (Å²) < 4.78 is 0. The number of likely N-dealkylation sites (tertiary alicyclic amines) is 1. The van der Waals surface area contributed by atoms with Crippen molar-refractivity contribution in [1.82, 2.24) is 20.0 Å². The molecule has 0 radical (unpaired) electrons. The van der Waals surface area contributed by atoms with Gasteiger partial charge in [-0.05, 0) is 25.7 Å². The van der Waals surface area contributed by atoms with Crippen molar-refractivity contribution < 1.29 is 19.2 Å². The number of amides is 4. The standard InChI is InChI=1S/C21H34N4O4/c1-7-10-23(5)21(29)17-9-8-11-25(17)20(28)16(4)12-18(15(2)3)24(6)19(27)13-22-14-26/h7,12,14-15,17-18H,1,8-11,13H2,2-6H3,(H,22,26)/t17?,18-/m1/s1. The van der Waals surface area contributed by atoms with E-state index in [0.717, 1.165) is 6.42 Å². The van der Waals surface area contributed by atoms with Gasteiger partial charge in [0.2, 0.25) is 24.1 Å². The molecule has 1 N–H and O–H groups in total. The quantitative estimate of drug-likeness (QED) is 0.330. The minimum atomic E-state index is -0.468. The fourth-order valence-corrected chi connectivity index (χ4v) is 3.53. The molecule has 0 aromatic rings. The summed E-state index contributed by atoms with van der Waals surface area (Å²) in [6.45, 7) is 10.2. The average molecular weight is 407 g/mol. The Morgan fingerprint density at radius 2 is 1.93 bits per heavy atom. The minimum absolute atomic E-state index is 0.0673. The second kappa shape index (κ2) is 11.4. The van der Waals surface area contributed by atoms with Crippen molar-refractivity contribution in [3.8, 4) is 0 Å². The first-order valence-corrected chi connectivity index (χ1v) is 9.93. The number of carbonyl (C=O) groups is 4. The molecule has 0 aliphatic carbocycles. The lowest BCUT2D eigenvalue weighted by Crippen LogP contribution is -2.47. The molecule has 1 aliphatic heterocycles. The molecule has 0 aromatic carbocycles. The number of hydrogen-bond acceptors (Lipinski definition) is 4. The summed E-state index contributed by atoms with van der Waals surface area (Å²) in [5.74, 6) is -0.452. The first-order chi connectivity index (χ1) is 13.6. The molecule has 0 aromatic heterocycles. The van der Waals surface area contributed by atoms with Gasteiger partial charge >= 0.3 is 0 Å². The van der Waals surface area contributed by atoms with Crippen molar-refractivity contribution in [2.24, 2.45) is 5.92 Å². The molecule has 0 spiro atoms. The van der Waals surface area contributed by atoms with Crippen molar-refractivity contribution in [2.45, 2.75) is 45.7 Å². The Balaban J connectivity index is 2.98. The van der Waals surface area contributed by atoms with Gasteiger partial charge in [0.1, 0.15) is 6.04 Å². The van der Waals surface area contributed by atoms with E-state index in [0.29, 0.717) is 31.5 Å². The van der Waals surface area contributed by atoms with Gasteiger partial charge in [-0.3, -0.25) is 19.2 Å². The van der Waals surface area contributed by atoms with Crippen LogP contribution in [-0.2, 0) is 19.2 Å². The van der Waals surface area contributed by atoms with Crippen molar-refractivity contribution in [1.29, 1.82) is 0 Å². The summed E-state index contributed by atoms with van der Waals surface area (Å²) in [5, 5.41) is 2.37. The summed E-state index contributed by atoms with van der Waals surface area (Å²) in [7, 11) is 3.36. The Bertz CT molecular complexity index is 659. The number of likely N-dealkylation sites (N-methyl/N-ethyl adjacent to an activating group) is 2. The molecule has 1 heterocycles. The third kappa shape index (κ3) is 6.44. The first kappa shape index (κ1) is 24.4. The molecule has 1 aliphatic rings. The highest BCUT2D eigenvalue weighted by Gasteiger charge is 2.36. The van der Waals surface area contributed by atoms with Crippen LogP contribution in [0.1, 0.15) is 33.6 Å². The molecule has 2 atom stereocenters. The number of nitrogens with zero attached hydrogens (tertiary/aromatic N) is 3. The monoisotopic (exact) mass is 406 g/mol. The third-order valence-corrected chi connectivity index (χ3v) is 5.20. The Kier molecular flexibility index (Phi) is 9.58. The van der Waals surface area contributed by atoms with E-state index in [9.17, 15) is 19.2 Å². The summed E-state index contributed by atoms with van der Waals surface area (Å²) in [6.07, 6.45) is 5.33. The lowest BCUT2D eigenvalue weighted by molar-refractivity contribution is -0.140. The van der Waals surface area contributed by atoms with Crippen LogP contribution in [0.15, 0.2) is 24.3 Å². The maximum absolute atomic E-state index is 13.1. The van der Waals surface area contributed by atoms with Gasteiger partial charge in [0.15, 0.2) is 0 Å². The SMILES string of the molecule is C=CCN(C)C(=O)C1CCCN1C(=O)C(C)=C[C@H](C(C)C)N(C)C(=O)CNC=O. The molecule has 8 heteroatoms. The number of rotatable bonds is 10. The maximum atomic E-state index is 13.1. The molecule has 162 valence electrons. The van der Waals surface area contributed by atoms with Crippen LogP contribution in [0.5, 0.6) is 0 Å². The van der Waals surface area contributed by atoms with Gasteiger partial charge in [-0.2, -0.15) is 0 Å². The van der Waals surface area contributed by atoms with E-state index in [1.54, 1.807) is 43.0 Å². The minimum Gasteiger partial charge on any atom is -0.350 e. The van der Waals surface area contributed by atoms with Crippen molar-refractivity contribution >= 4 is 24.1 Å². The number of hydrogen-bond donors (Lipinski definition) is 1. The zero-order chi connectivity index (χ0) is 22.1. The Labute approximate surface area is 173 Å². The van der Waals surface area contributed by atoms with E-state index in [1.165, 1.54) is 4.90 Å². The number of nitrogens with one attached hydrogen (secondary N) is 1. The van der Waals surface area contributed by atoms with Crippen molar-refractivity contribution in [3.63, 3.8) is 0 Å². The lowest BCUT2D eigenvalue weighted by atomic mass is 9.99. The zero-order valence-corrected chi connectivity index (χ0v) is 18.2. The Morgan fingerprint density at radius 3 is 2.48 bits per heavy atom. The largest absolute Gasteiger partial charge is 0.350 e. The highest BCUT2D eigenvalue weighted by molar-refractivity contribution is 5.97. The predicted molar refractivity (Wildman–Crippen MR) is 112 cm³/mol. The third-order valence-electron chi connectivity index (χ3n) is 5.20. The summed E-state index contributed by atoms with van der Waals surface area (Å²) in [6, 6.07) is -0.774. The van der Waals surface area contributed by atoms with Crippen LogP contribution >= 0.6 is 0 Å². The molecule has 0 bridgehead atoms. The summed E-state index contributed by atoms with van der Waals surface area (Å²) in [5.41, 5.74) is 0.498. The van der Waals surface area contributed by atoms with Crippen LogP contribution in [-0.4, -0.2) is 84.6 Å². The maximum Gasteiger partial charge on any atom is 0.249 e.